The Kier molecular flexibility index (Phi) is 4.35. The van der Waals surface area contributed by atoms with Gasteiger partial charge in [-0.2, -0.15) is 0 Å². The summed E-state index contributed by atoms with van der Waals surface area (Å²) in [7, 11) is 1.57. The van der Waals surface area contributed by atoms with Crippen LogP contribution >= 0.6 is 0 Å². The highest BCUT2D eigenvalue weighted by Crippen LogP contribution is 2.48. The molecule has 0 heterocycles. The largest absolute Gasteiger partial charge is 0.480 e. The average Bonchev–Trinajstić information content (AvgIpc) is 3.25. The summed E-state index contributed by atoms with van der Waals surface area (Å²) in [5.74, 6) is -0.366. The van der Waals surface area contributed by atoms with E-state index in [4.69, 9.17) is 5.11 Å². The fourth-order valence-corrected chi connectivity index (χ4v) is 2.58. The number of nitrogens with zero attached hydrogens (tertiary/aromatic N) is 1. The first-order chi connectivity index (χ1) is 9.82. The second-order valence-corrected chi connectivity index (χ2v) is 6.23. The highest BCUT2D eigenvalue weighted by molar-refractivity contribution is 5.87. The molecule has 1 aromatic rings. The van der Waals surface area contributed by atoms with Crippen molar-refractivity contribution in [3.8, 4) is 0 Å². The van der Waals surface area contributed by atoms with Crippen LogP contribution in [0.3, 0.4) is 0 Å². The van der Waals surface area contributed by atoms with Gasteiger partial charge in [-0.3, -0.25) is 4.79 Å². The number of benzene rings is 1. The minimum atomic E-state index is -0.968. The van der Waals surface area contributed by atoms with E-state index >= 15 is 0 Å². The van der Waals surface area contributed by atoms with E-state index in [1.807, 2.05) is 0 Å². The second kappa shape index (κ2) is 5.88. The van der Waals surface area contributed by atoms with Gasteiger partial charge in [0.05, 0.1) is 0 Å². The molecule has 1 aromatic carbocycles. The van der Waals surface area contributed by atoms with Crippen LogP contribution in [0.15, 0.2) is 24.3 Å². The number of carboxylic acid groups (broad SMARTS) is 1. The lowest BCUT2D eigenvalue weighted by Crippen LogP contribution is -2.41. The third kappa shape index (κ3) is 3.26. The van der Waals surface area contributed by atoms with Gasteiger partial charge in [-0.05, 0) is 36.3 Å². The van der Waals surface area contributed by atoms with Crippen molar-refractivity contribution < 1.29 is 14.7 Å². The molecule has 2 rings (SSSR count). The van der Waals surface area contributed by atoms with E-state index in [0.717, 1.165) is 6.42 Å². The highest BCUT2D eigenvalue weighted by Gasteiger charge is 2.46. The number of hydrogen-bond acceptors (Lipinski definition) is 2. The van der Waals surface area contributed by atoms with Gasteiger partial charge < -0.3 is 10.0 Å². The molecule has 0 radical (unpaired) electrons. The average molecular weight is 289 g/mol. The molecule has 21 heavy (non-hydrogen) atoms. The first-order valence-corrected chi connectivity index (χ1v) is 7.42. The molecule has 3 unspecified atom stereocenters. The van der Waals surface area contributed by atoms with Crippen molar-refractivity contribution in [1.29, 1.82) is 0 Å². The smallest absolute Gasteiger partial charge is 0.326 e. The van der Waals surface area contributed by atoms with Crippen molar-refractivity contribution in [2.75, 3.05) is 7.05 Å². The molecule has 4 heteroatoms. The van der Waals surface area contributed by atoms with Crippen molar-refractivity contribution >= 4 is 11.9 Å². The summed E-state index contributed by atoms with van der Waals surface area (Å²) in [4.78, 5) is 24.6. The number of hydrogen-bond donors (Lipinski definition) is 1. The minimum absolute atomic E-state index is 0.0668. The molecule has 0 aliphatic heterocycles. The fourth-order valence-electron chi connectivity index (χ4n) is 2.58. The van der Waals surface area contributed by atoms with Crippen LogP contribution in [-0.2, 0) is 9.59 Å². The standard InChI is InChI=1S/C17H23NO3/c1-10(2)12-5-7-13(8-6-12)14-9-15(14)16(19)18(4)11(3)17(20)21/h5-8,10-11,14-15H,9H2,1-4H3,(H,20,21). The molecule has 1 amide bonds. The second-order valence-electron chi connectivity index (χ2n) is 6.23. The van der Waals surface area contributed by atoms with E-state index < -0.39 is 12.0 Å². The molecule has 1 fully saturated rings. The Hall–Kier alpha value is -1.84. The minimum Gasteiger partial charge on any atom is -0.480 e. The maximum atomic E-state index is 12.3. The summed E-state index contributed by atoms with van der Waals surface area (Å²) >= 11 is 0. The predicted octanol–water partition coefficient (Wildman–Crippen LogP) is 2.85. The topological polar surface area (TPSA) is 57.6 Å². The third-order valence-corrected chi connectivity index (χ3v) is 4.42. The maximum Gasteiger partial charge on any atom is 0.326 e. The van der Waals surface area contributed by atoms with E-state index in [-0.39, 0.29) is 17.7 Å². The highest BCUT2D eigenvalue weighted by atomic mass is 16.4. The normalized spacial score (nSPS) is 22.0. The maximum absolute atomic E-state index is 12.3. The van der Waals surface area contributed by atoms with Gasteiger partial charge in [0.1, 0.15) is 6.04 Å². The van der Waals surface area contributed by atoms with Gasteiger partial charge in [0, 0.05) is 13.0 Å². The molecule has 1 saturated carbocycles. The van der Waals surface area contributed by atoms with Gasteiger partial charge in [-0.15, -0.1) is 0 Å². The Morgan fingerprint density at radius 3 is 2.24 bits per heavy atom. The van der Waals surface area contributed by atoms with Gasteiger partial charge >= 0.3 is 5.97 Å². The van der Waals surface area contributed by atoms with Crippen LogP contribution in [0.25, 0.3) is 0 Å². The molecule has 0 bridgehead atoms. The van der Waals surface area contributed by atoms with Crippen molar-refractivity contribution in [3.05, 3.63) is 35.4 Å². The van der Waals surface area contributed by atoms with Crippen LogP contribution in [0.1, 0.15) is 50.2 Å². The number of likely N-dealkylation sites (N-methyl/N-ethyl adjacent to an activating group) is 1. The Morgan fingerprint density at radius 2 is 1.76 bits per heavy atom. The van der Waals surface area contributed by atoms with Crippen LogP contribution in [0.4, 0.5) is 0 Å². The zero-order valence-corrected chi connectivity index (χ0v) is 13.0. The summed E-state index contributed by atoms with van der Waals surface area (Å²) in [6.07, 6.45) is 0.816. The van der Waals surface area contributed by atoms with Crippen molar-refractivity contribution in [2.24, 2.45) is 5.92 Å². The van der Waals surface area contributed by atoms with Crippen LogP contribution < -0.4 is 0 Å². The molecule has 114 valence electrons. The Labute approximate surface area is 125 Å². The van der Waals surface area contributed by atoms with Gasteiger partial charge in [-0.25, -0.2) is 4.79 Å². The first kappa shape index (κ1) is 15.5. The van der Waals surface area contributed by atoms with Crippen LogP contribution in [0.2, 0.25) is 0 Å². The lowest BCUT2D eigenvalue weighted by atomic mass is 10.00. The number of carbonyl (C=O) groups excluding carboxylic acids is 1. The molecule has 0 aromatic heterocycles. The summed E-state index contributed by atoms with van der Waals surface area (Å²) in [5.41, 5.74) is 2.47. The zero-order valence-electron chi connectivity index (χ0n) is 13.0. The monoisotopic (exact) mass is 289 g/mol. The molecule has 1 aliphatic carbocycles. The van der Waals surface area contributed by atoms with Gasteiger partial charge in [-0.1, -0.05) is 38.1 Å². The Bertz CT molecular complexity index is 535. The van der Waals surface area contributed by atoms with E-state index in [9.17, 15) is 9.59 Å². The predicted molar refractivity (Wildman–Crippen MR) is 81.2 cm³/mol. The summed E-state index contributed by atoms with van der Waals surface area (Å²) < 4.78 is 0. The molecule has 0 saturated heterocycles. The number of aliphatic carboxylic acids is 1. The van der Waals surface area contributed by atoms with E-state index in [1.54, 1.807) is 7.05 Å². The number of carbonyl (C=O) groups is 2. The van der Waals surface area contributed by atoms with Gasteiger partial charge in [0.25, 0.3) is 0 Å². The van der Waals surface area contributed by atoms with Crippen molar-refractivity contribution in [1.82, 2.24) is 4.90 Å². The van der Waals surface area contributed by atoms with Crippen LogP contribution in [-0.4, -0.2) is 35.0 Å². The third-order valence-electron chi connectivity index (χ3n) is 4.42. The summed E-state index contributed by atoms with van der Waals surface area (Å²) in [6.45, 7) is 5.84. The molecule has 1 N–H and O–H groups in total. The van der Waals surface area contributed by atoms with Gasteiger partial charge in [0.15, 0.2) is 0 Å². The van der Waals surface area contributed by atoms with Crippen LogP contribution in [0, 0.1) is 5.92 Å². The summed E-state index contributed by atoms with van der Waals surface area (Å²) in [6, 6.07) is 7.64. The lowest BCUT2D eigenvalue weighted by Gasteiger charge is -2.21. The van der Waals surface area contributed by atoms with Crippen LogP contribution in [0.5, 0.6) is 0 Å². The van der Waals surface area contributed by atoms with Gasteiger partial charge in [0.2, 0.25) is 5.91 Å². The molecule has 3 atom stereocenters. The van der Waals surface area contributed by atoms with E-state index in [0.29, 0.717) is 5.92 Å². The number of carboxylic acids is 1. The van der Waals surface area contributed by atoms with Crippen molar-refractivity contribution in [2.45, 2.75) is 45.1 Å². The number of rotatable bonds is 5. The lowest BCUT2D eigenvalue weighted by molar-refractivity contribution is -0.148. The van der Waals surface area contributed by atoms with E-state index in [1.165, 1.54) is 23.0 Å². The molecule has 1 aliphatic rings. The molecule has 4 nitrogen and oxygen atoms in total. The Balaban J connectivity index is 2.01. The van der Waals surface area contributed by atoms with E-state index in [2.05, 4.69) is 38.1 Å². The number of amides is 1. The Morgan fingerprint density at radius 1 is 1.19 bits per heavy atom. The molecular weight excluding hydrogens is 266 g/mol. The first-order valence-electron chi connectivity index (χ1n) is 7.42. The molecule has 0 spiro atoms. The SMILES string of the molecule is CC(C)c1ccc(C2CC2C(=O)N(C)C(C)C(=O)O)cc1. The summed E-state index contributed by atoms with van der Waals surface area (Å²) in [5, 5.41) is 8.98. The zero-order chi connectivity index (χ0) is 15.7. The quantitative estimate of drug-likeness (QED) is 0.906. The van der Waals surface area contributed by atoms with Crippen molar-refractivity contribution in [3.63, 3.8) is 0 Å². The fraction of sp³-hybridized carbons (Fsp3) is 0.529. The molecular formula is C17H23NO3.